The number of amides is 1. The summed E-state index contributed by atoms with van der Waals surface area (Å²) in [7, 11) is 0. The Bertz CT molecular complexity index is 836. The Hall–Kier alpha value is -3.03. The van der Waals surface area contributed by atoms with Crippen LogP contribution in [0.4, 0.5) is 11.6 Å². The van der Waals surface area contributed by atoms with E-state index in [1.54, 1.807) is 24.3 Å². The highest BCUT2D eigenvalue weighted by molar-refractivity contribution is 5.92. The zero-order valence-electron chi connectivity index (χ0n) is 15.2. The number of carbonyl (C=O) groups is 1. The molecule has 142 valence electrons. The molecule has 0 spiro atoms. The standard InChI is InChI=1S/C19H22N4O4/c1-13-9-18(22-19(20-13)23-7-3-2-4-8-23)25-11-17(24)21-14-5-6-15-16(10-14)27-12-26-15/h5-6,9-10H,2-4,7-8,11-12H2,1H3,(H,21,24). The van der Waals surface area contributed by atoms with E-state index >= 15 is 0 Å². The maximum absolute atomic E-state index is 12.2. The lowest BCUT2D eigenvalue weighted by molar-refractivity contribution is -0.118. The van der Waals surface area contributed by atoms with Gasteiger partial charge in [-0.3, -0.25) is 4.79 Å². The number of aromatic nitrogens is 2. The quantitative estimate of drug-likeness (QED) is 0.865. The molecule has 1 aromatic carbocycles. The van der Waals surface area contributed by atoms with E-state index in [9.17, 15) is 4.79 Å². The summed E-state index contributed by atoms with van der Waals surface area (Å²) >= 11 is 0. The Balaban J connectivity index is 1.36. The topological polar surface area (TPSA) is 85.8 Å². The molecule has 1 aromatic heterocycles. The molecule has 2 aliphatic heterocycles. The Morgan fingerprint density at radius 2 is 1.96 bits per heavy atom. The molecule has 0 atom stereocenters. The van der Waals surface area contributed by atoms with Crippen LogP contribution in [0.3, 0.4) is 0 Å². The van der Waals surface area contributed by atoms with Crippen molar-refractivity contribution in [1.29, 1.82) is 0 Å². The summed E-state index contributed by atoms with van der Waals surface area (Å²) in [5, 5.41) is 2.78. The fraction of sp³-hybridized carbons (Fsp3) is 0.421. The van der Waals surface area contributed by atoms with Crippen molar-refractivity contribution >= 4 is 17.5 Å². The molecule has 27 heavy (non-hydrogen) atoms. The molecule has 0 radical (unpaired) electrons. The first kappa shape index (κ1) is 17.4. The van der Waals surface area contributed by atoms with Crippen molar-refractivity contribution < 1.29 is 19.0 Å². The Morgan fingerprint density at radius 3 is 2.81 bits per heavy atom. The normalized spacial score (nSPS) is 15.5. The summed E-state index contributed by atoms with van der Waals surface area (Å²) in [6.45, 7) is 3.86. The Labute approximate surface area is 157 Å². The number of nitrogens with one attached hydrogen (secondary N) is 1. The molecule has 3 heterocycles. The number of benzene rings is 1. The van der Waals surface area contributed by atoms with Crippen LogP contribution in [0.5, 0.6) is 17.4 Å². The van der Waals surface area contributed by atoms with Gasteiger partial charge in [0.25, 0.3) is 5.91 Å². The highest BCUT2D eigenvalue weighted by Crippen LogP contribution is 2.34. The third-order valence-electron chi connectivity index (χ3n) is 4.47. The minimum absolute atomic E-state index is 0.135. The van der Waals surface area contributed by atoms with Crippen LogP contribution >= 0.6 is 0 Å². The largest absolute Gasteiger partial charge is 0.467 e. The third kappa shape index (κ3) is 4.21. The maximum atomic E-state index is 12.2. The van der Waals surface area contributed by atoms with Gasteiger partial charge in [-0.1, -0.05) is 0 Å². The minimum atomic E-state index is -0.273. The van der Waals surface area contributed by atoms with Crippen molar-refractivity contribution in [2.24, 2.45) is 0 Å². The first-order chi connectivity index (χ1) is 13.2. The molecular formula is C19H22N4O4. The first-order valence-corrected chi connectivity index (χ1v) is 9.10. The van der Waals surface area contributed by atoms with E-state index in [0.717, 1.165) is 31.6 Å². The number of fused-ring (bicyclic) bond motifs is 1. The fourth-order valence-electron chi connectivity index (χ4n) is 3.14. The molecule has 1 amide bonds. The molecule has 1 N–H and O–H groups in total. The van der Waals surface area contributed by atoms with E-state index in [0.29, 0.717) is 29.0 Å². The van der Waals surface area contributed by atoms with Gasteiger partial charge in [0.2, 0.25) is 18.6 Å². The Kier molecular flexibility index (Phi) is 4.95. The van der Waals surface area contributed by atoms with Crippen molar-refractivity contribution in [1.82, 2.24) is 9.97 Å². The second kappa shape index (κ2) is 7.69. The highest BCUT2D eigenvalue weighted by Gasteiger charge is 2.16. The summed E-state index contributed by atoms with van der Waals surface area (Å²) in [5.41, 5.74) is 1.44. The van der Waals surface area contributed by atoms with Crippen LogP contribution in [-0.4, -0.2) is 42.4 Å². The number of carbonyl (C=O) groups excluding carboxylic acids is 1. The number of ether oxygens (including phenoxy) is 3. The van der Waals surface area contributed by atoms with Gasteiger partial charge in [-0.05, 0) is 38.3 Å². The molecule has 0 saturated carbocycles. The van der Waals surface area contributed by atoms with Gasteiger partial charge in [0.15, 0.2) is 18.1 Å². The van der Waals surface area contributed by atoms with Crippen LogP contribution in [0.25, 0.3) is 0 Å². The van der Waals surface area contributed by atoms with Gasteiger partial charge in [-0.25, -0.2) is 4.98 Å². The van der Waals surface area contributed by atoms with E-state index in [2.05, 4.69) is 20.2 Å². The second-order valence-corrected chi connectivity index (χ2v) is 6.60. The van der Waals surface area contributed by atoms with Gasteiger partial charge in [-0.15, -0.1) is 0 Å². The van der Waals surface area contributed by atoms with Gasteiger partial charge in [0.05, 0.1) is 0 Å². The average molecular weight is 370 g/mol. The zero-order valence-corrected chi connectivity index (χ0v) is 15.2. The van der Waals surface area contributed by atoms with E-state index in [-0.39, 0.29) is 19.3 Å². The lowest BCUT2D eigenvalue weighted by atomic mass is 10.1. The van der Waals surface area contributed by atoms with Crippen molar-refractivity contribution in [3.05, 3.63) is 30.0 Å². The minimum Gasteiger partial charge on any atom is -0.467 e. The van der Waals surface area contributed by atoms with E-state index in [1.165, 1.54) is 6.42 Å². The summed E-state index contributed by atoms with van der Waals surface area (Å²) in [4.78, 5) is 23.3. The van der Waals surface area contributed by atoms with Crippen molar-refractivity contribution in [3.8, 4) is 17.4 Å². The number of hydrogen-bond acceptors (Lipinski definition) is 7. The van der Waals surface area contributed by atoms with Crippen LogP contribution in [0.2, 0.25) is 0 Å². The SMILES string of the molecule is Cc1cc(OCC(=O)Nc2ccc3c(c2)OCO3)nc(N2CCCCC2)n1. The van der Waals surface area contributed by atoms with Crippen molar-refractivity contribution in [3.63, 3.8) is 0 Å². The van der Waals surface area contributed by atoms with E-state index in [4.69, 9.17) is 14.2 Å². The van der Waals surface area contributed by atoms with Crippen LogP contribution < -0.4 is 24.4 Å². The van der Waals surface area contributed by atoms with Crippen molar-refractivity contribution in [2.75, 3.05) is 36.7 Å². The number of anilines is 2. The summed E-state index contributed by atoms with van der Waals surface area (Å²) in [6, 6.07) is 6.98. The van der Waals surface area contributed by atoms with Gasteiger partial charge < -0.3 is 24.4 Å². The average Bonchev–Trinajstić information content (AvgIpc) is 3.14. The van der Waals surface area contributed by atoms with Crippen LogP contribution in [0.15, 0.2) is 24.3 Å². The van der Waals surface area contributed by atoms with Crippen LogP contribution in [0, 0.1) is 6.92 Å². The zero-order chi connectivity index (χ0) is 18.6. The fourth-order valence-corrected chi connectivity index (χ4v) is 3.14. The van der Waals surface area contributed by atoms with Gasteiger partial charge in [0.1, 0.15) is 0 Å². The molecule has 0 unspecified atom stereocenters. The molecule has 8 nitrogen and oxygen atoms in total. The van der Waals surface area contributed by atoms with Crippen LogP contribution in [0.1, 0.15) is 25.0 Å². The number of nitrogens with zero attached hydrogens (tertiary/aromatic N) is 3. The van der Waals surface area contributed by atoms with E-state index in [1.807, 2.05) is 6.92 Å². The maximum Gasteiger partial charge on any atom is 0.262 e. The van der Waals surface area contributed by atoms with Gasteiger partial charge in [-0.2, -0.15) is 4.98 Å². The smallest absolute Gasteiger partial charge is 0.262 e. The molecular weight excluding hydrogens is 348 g/mol. The van der Waals surface area contributed by atoms with Crippen LogP contribution in [-0.2, 0) is 4.79 Å². The predicted molar refractivity (Wildman–Crippen MR) is 99.5 cm³/mol. The summed E-state index contributed by atoms with van der Waals surface area (Å²) < 4.78 is 16.2. The molecule has 8 heteroatoms. The number of rotatable bonds is 5. The Morgan fingerprint density at radius 1 is 1.15 bits per heavy atom. The van der Waals surface area contributed by atoms with E-state index < -0.39 is 0 Å². The highest BCUT2D eigenvalue weighted by atomic mass is 16.7. The number of aryl methyl sites for hydroxylation is 1. The molecule has 4 rings (SSSR count). The predicted octanol–water partition coefficient (Wildman–Crippen LogP) is 2.52. The molecule has 0 aliphatic carbocycles. The first-order valence-electron chi connectivity index (χ1n) is 9.10. The summed E-state index contributed by atoms with van der Waals surface area (Å²) in [5.74, 6) is 2.09. The molecule has 1 saturated heterocycles. The number of piperidine rings is 1. The number of hydrogen-bond donors (Lipinski definition) is 1. The lowest BCUT2D eigenvalue weighted by Gasteiger charge is -2.26. The molecule has 2 aromatic rings. The van der Waals surface area contributed by atoms with Crippen molar-refractivity contribution in [2.45, 2.75) is 26.2 Å². The molecule has 0 bridgehead atoms. The van der Waals surface area contributed by atoms with Gasteiger partial charge in [0, 0.05) is 36.6 Å². The molecule has 1 fully saturated rings. The lowest BCUT2D eigenvalue weighted by Crippen LogP contribution is -2.31. The third-order valence-corrected chi connectivity index (χ3v) is 4.47. The monoisotopic (exact) mass is 370 g/mol. The second-order valence-electron chi connectivity index (χ2n) is 6.60. The summed E-state index contributed by atoms with van der Waals surface area (Å²) in [6.07, 6.45) is 3.53. The van der Waals surface area contributed by atoms with Gasteiger partial charge >= 0.3 is 0 Å². The molecule has 2 aliphatic rings.